The molecule has 0 saturated heterocycles. The molecule has 1 aromatic heterocycles. The summed E-state index contributed by atoms with van der Waals surface area (Å²) in [5.74, 6) is -0.149. The van der Waals surface area contributed by atoms with E-state index in [0.29, 0.717) is 23.5 Å². The van der Waals surface area contributed by atoms with Crippen LogP contribution in [0.2, 0.25) is 0 Å². The van der Waals surface area contributed by atoms with Gasteiger partial charge in [0.2, 0.25) is 11.8 Å². The summed E-state index contributed by atoms with van der Waals surface area (Å²) in [5.41, 5.74) is 1.06. The molecule has 1 heterocycles. The van der Waals surface area contributed by atoms with Gasteiger partial charge in [-0.3, -0.25) is 19.4 Å². The van der Waals surface area contributed by atoms with Crippen molar-refractivity contribution in [2.75, 3.05) is 32.1 Å². The largest absolute Gasteiger partial charge is 0.497 e. The van der Waals surface area contributed by atoms with E-state index in [1.165, 1.54) is 17.3 Å². The summed E-state index contributed by atoms with van der Waals surface area (Å²) in [6, 6.07) is 10.1. The van der Waals surface area contributed by atoms with Gasteiger partial charge in [-0.25, -0.2) is 0 Å². The Morgan fingerprint density at radius 3 is 2.28 bits per heavy atom. The third-order valence-electron chi connectivity index (χ3n) is 3.95. The smallest absolute Gasteiger partial charge is 0.254 e. The summed E-state index contributed by atoms with van der Waals surface area (Å²) >= 11 is 0. The second-order valence-corrected chi connectivity index (χ2v) is 6.87. The molecule has 0 aliphatic rings. The molecule has 0 unspecified atom stereocenters. The SMILES string of the molecule is COc1ccc(NC(=O)CNC(=O)CN(CC(C)C)C(=O)c2ccncc2)cc1. The van der Waals surface area contributed by atoms with Gasteiger partial charge in [0.25, 0.3) is 5.91 Å². The Morgan fingerprint density at radius 2 is 1.69 bits per heavy atom. The van der Waals surface area contributed by atoms with E-state index in [1.807, 2.05) is 13.8 Å². The lowest BCUT2D eigenvalue weighted by Crippen LogP contribution is -2.44. The van der Waals surface area contributed by atoms with Gasteiger partial charge in [0.1, 0.15) is 5.75 Å². The second kappa shape index (κ2) is 10.8. The molecule has 3 amide bonds. The van der Waals surface area contributed by atoms with Crippen LogP contribution in [0.1, 0.15) is 24.2 Å². The van der Waals surface area contributed by atoms with E-state index in [0.717, 1.165) is 0 Å². The highest BCUT2D eigenvalue weighted by Crippen LogP contribution is 2.14. The van der Waals surface area contributed by atoms with Crippen LogP contribution in [0.4, 0.5) is 5.69 Å². The van der Waals surface area contributed by atoms with Crippen LogP contribution < -0.4 is 15.4 Å². The van der Waals surface area contributed by atoms with E-state index in [1.54, 1.807) is 43.5 Å². The number of nitrogens with zero attached hydrogens (tertiary/aromatic N) is 2. The van der Waals surface area contributed by atoms with Crippen molar-refractivity contribution in [3.63, 3.8) is 0 Å². The molecule has 154 valence electrons. The van der Waals surface area contributed by atoms with Gasteiger partial charge < -0.3 is 20.3 Å². The van der Waals surface area contributed by atoms with E-state index in [4.69, 9.17) is 4.74 Å². The fourth-order valence-corrected chi connectivity index (χ4v) is 2.62. The first-order chi connectivity index (χ1) is 13.9. The summed E-state index contributed by atoms with van der Waals surface area (Å²) in [4.78, 5) is 42.4. The average molecular weight is 398 g/mol. The fraction of sp³-hybridized carbons (Fsp3) is 0.333. The molecule has 2 aromatic rings. The van der Waals surface area contributed by atoms with E-state index in [9.17, 15) is 14.4 Å². The zero-order chi connectivity index (χ0) is 21.2. The van der Waals surface area contributed by atoms with Gasteiger partial charge in [-0.05, 0) is 42.3 Å². The summed E-state index contributed by atoms with van der Waals surface area (Å²) in [6.07, 6.45) is 3.06. The Kier molecular flexibility index (Phi) is 8.14. The Bertz CT molecular complexity index is 822. The number of aromatic nitrogens is 1. The van der Waals surface area contributed by atoms with Crippen LogP contribution in [0.3, 0.4) is 0 Å². The summed E-state index contributed by atoms with van der Waals surface area (Å²) < 4.78 is 5.06. The third kappa shape index (κ3) is 7.25. The van der Waals surface area contributed by atoms with Gasteiger partial charge in [0, 0.05) is 30.2 Å². The minimum absolute atomic E-state index is 0.130. The number of anilines is 1. The quantitative estimate of drug-likeness (QED) is 0.672. The van der Waals surface area contributed by atoms with Crippen LogP contribution in [0.15, 0.2) is 48.8 Å². The minimum Gasteiger partial charge on any atom is -0.497 e. The standard InChI is InChI=1S/C21H26N4O4/c1-15(2)13-25(21(28)16-8-10-22-11-9-16)14-20(27)23-12-19(26)24-17-4-6-18(29-3)7-5-17/h4-11,15H,12-14H2,1-3H3,(H,23,27)(H,24,26). The lowest BCUT2D eigenvalue weighted by atomic mass is 10.1. The van der Waals surface area contributed by atoms with E-state index in [-0.39, 0.29) is 30.8 Å². The number of carbonyl (C=O) groups is 3. The summed E-state index contributed by atoms with van der Waals surface area (Å²) in [6.45, 7) is 4.03. The molecule has 0 aliphatic carbocycles. The molecule has 1 aromatic carbocycles. The monoisotopic (exact) mass is 398 g/mol. The summed E-state index contributed by atoms with van der Waals surface area (Å²) in [7, 11) is 1.56. The number of amides is 3. The number of rotatable bonds is 9. The van der Waals surface area contributed by atoms with Crippen LogP contribution >= 0.6 is 0 Å². The van der Waals surface area contributed by atoms with Crippen molar-refractivity contribution in [2.24, 2.45) is 5.92 Å². The Morgan fingerprint density at radius 1 is 1.03 bits per heavy atom. The molecule has 8 nitrogen and oxygen atoms in total. The Hall–Kier alpha value is -3.42. The number of methoxy groups -OCH3 is 1. The molecule has 29 heavy (non-hydrogen) atoms. The molecule has 0 fully saturated rings. The number of ether oxygens (including phenoxy) is 1. The molecule has 0 bridgehead atoms. The molecule has 0 atom stereocenters. The lowest BCUT2D eigenvalue weighted by molar-refractivity contribution is -0.124. The van der Waals surface area contributed by atoms with Gasteiger partial charge in [-0.1, -0.05) is 13.8 Å². The molecule has 8 heteroatoms. The highest BCUT2D eigenvalue weighted by molar-refractivity contribution is 5.98. The van der Waals surface area contributed by atoms with Gasteiger partial charge in [0.05, 0.1) is 20.2 Å². The third-order valence-corrected chi connectivity index (χ3v) is 3.95. The first-order valence-electron chi connectivity index (χ1n) is 9.29. The van der Waals surface area contributed by atoms with E-state index >= 15 is 0 Å². The number of benzene rings is 1. The van der Waals surface area contributed by atoms with Gasteiger partial charge in [-0.2, -0.15) is 0 Å². The van der Waals surface area contributed by atoms with Crippen molar-refractivity contribution in [3.05, 3.63) is 54.4 Å². The first kappa shape index (κ1) is 21.9. The molecule has 0 saturated carbocycles. The van der Waals surface area contributed by atoms with Crippen molar-refractivity contribution in [1.29, 1.82) is 0 Å². The van der Waals surface area contributed by atoms with Crippen LogP contribution in [0.25, 0.3) is 0 Å². The van der Waals surface area contributed by atoms with E-state index in [2.05, 4.69) is 15.6 Å². The molecular formula is C21H26N4O4. The number of nitrogens with one attached hydrogen (secondary N) is 2. The normalized spacial score (nSPS) is 10.3. The van der Waals surface area contributed by atoms with Crippen LogP contribution in [0, 0.1) is 5.92 Å². The maximum absolute atomic E-state index is 12.7. The second-order valence-electron chi connectivity index (χ2n) is 6.87. The topological polar surface area (TPSA) is 101 Å². The molecule has 0 radical (unpaired) electrons. The number of carbonyl (C=O) groups excluding carboxylic acids is 3. The van der Waals surface area contributed by atoms with Crippen LogP contribution in [0.5, 0.6) is 5.75 Å². The maximum Gasteiger partial charge on any atom is 0.254 e. The van der Waals surface area contributed by atoms with Crippen LogP contribution in [-0.2, 0) is 9.59 Å². The first-order valence-corrected chi connectivity index (χ1v) is 9.29. The zero-order valence-electron chi connectivity index (χ0n) is 16.8. The predicted octanol–water partition coefficient (Wildman–Crippen LogP) is 1.94. The van der Waals surface area contributed by atoms with E-state index < -0.39 is 5.91 Å². The van der Waals surface area contributed by atoms with Crippen molar-refractivity contribution in [1.82, 2.24) is 15.2 Å². The van der Waals surface area contributed by atoms with Crippen molar-refractivity contribution >= 4 is 23.4 Å². The fourth-order valence-electron chi connectivity index (χ4n) is 2.62. The molecule has 0 spiro atoms. The zero-order valence-corrected chi connectivity index (χ0v) is 16.8. The molecule has 0 aliphatic heterocycles. The number of hydrogen-bond donors (Lipinski definition) is 2. The van der Waals surface area contributed by atoms with Crippen molar-refractivity contribution < 1.29 is 19.1 Å². The minimum atomic E-state index is -0.405. The lowest BCUT2D eigenvalue weighted by Gasteiger charge is -2.24. The van der Waals surface area contributed by atoms with Gasteiger partial charge in [-0.15, -0.1) is 0 Å². The highest BCUT2D eigenvalue weighted by atomic mass is 16.5. The predicted molar refractivity (Wildman–Crippen MR) is 110 cm³/mol. The average Bonchev–Trinajstić information content (AvgIpc) is 2.72. The highest BCUT2D eigenvalue weighted by Gasteiger charge is 2.20. The number of pyridine rings is 1. The molecule has 2 N–H and O–H groups in total. The molecule has 2 rings (SSSR count). The van der Waals surface area contributed by atoms with Crippen LogP contribution in [-0.4, -0.2) is 54.3 Å². The van der Waals surface area contributed by atoms with Crippen molar-refractivity contribution in [3.8, 4) is 5.75 Å². The van der Waals surface area contributed by atoms with Crippen molar-refractivity contribution in [2.45, 2.75) is 13.8 Å². The van der Waals surface area contributed by atoms with Gasteiger partial charge in [0.15, 0.2) is 0 Å². The maximum atomic E-state index is 12.7. The number of hydrogen-bond acceptors (Lipinski definition) is 5. The molecular weight excluding hydrogens is 372 g/mol. The Labute approximate surface area is 170 Å². The van der Waals surface area contributed by atoms with Gasteiger partial charge >= 0.3 is 0 Å². The summed E-state index contributed by atoms with van der Waals surface area (Å²) in [5, 5.41) is 5.24. The Balaban J connectivity index is 1.88.